The lowest BCUT2D eigenvalue weighted by atomic mass is 10.2. The van der Waals surface area contributed by atoms with E-state index in [0.717, 1.165) is 26.1 Å². The molecule has 0 aromatic carbocycles. The van der Waals surface area contributed by atoms with Crippen molar-refractivity contribution in [3.05, 3.63) is 0 Å². The average molecular weight is 200 g/mol. The monoisotopic (exact) mass is 200 g/mol. The molecule has 0 aromatic heterocycles. The topological polar surface area (TPSA) is 52.6 Å². The molecule has 0 aromatic rings. The Morgan fingerprint density at radius 1 is 1.64 bits per heavy atom. The number of carbonyl (C=O) groups is 1. The van der Waals surface area contributed by atoms with Crippen molar-refractivity contribution in [1.29, 1.82) is 0 Å². The molecule has 82 valence electrons. The zero-order chi connectivity index (χ0) is 10.6. The lowest BCUT2D eigenvalue weighted by Gasteiger charge is -2.21. The smallest absolute Gasteiger partial charge is 0.304 e. The van der Waals surface area contributed by atoms with Gasteiger partial charge in [0, 0.05) is 18.6 Å². The average Bonchev–Trinajstić information content (AvgIpc) is 2.26. The normalized spacial score (nSPS) is 29.9. The summed E-state index contributed by atoms with van der Waals surface area (Å²) in [5.41, 5.74) is 0. The standard InChI is InChI=1S/C10H20N2O2/c1-3-12-5-4-8(2)11-9(7-12)6-10(13)14/h8-9,11H,3-7H2,1-2H3,(H,13,14). The third-order valence-corrected chi connectivity index (χ3v) is 2.75. The molecule has 2 unspecified atom stereocenters. The number of rotatable bonds is 3. The van der Waals surface area contributed by atoms with Crippen molar-refractivity contribution in [3.8, 4) is 0 Å². The van der Waals surface area contributed by atoms with Gasteiger partial charge < -0.3 is 15.3 Å². The first-order valence-corrected chi connectivity index (χ1v) is 5.32. The van der Waals surface area contributed by atoms with Gasteiger partial charge in [-0.2, -0.15) is 0 Å². The van der Waals surface area contributed by atoms with Crippen molar-refractivity contribution in [2.45, 2.75) is 38.8 Å². The number of carboxylic acid groups (broad SMARTS) is 1. The molecule has 1 saturated heterocycles. The lowest BCUT2D eigenvalue weighted by Crippen LogP contribution is -2.41. The maximum atomic E-state index is 10.6. The lowest BCUT2D eigenvalue weighted by molar-refractivity contribution is -0.137. The van der Waals surface area contributed by atoms with Gasteiger partial charge in [-0.25, -0.2) is 0 Å². The predicted octanol–water partition coefficient (Wildman–Crippen LogP) is 0.533. The Morgan fingerprint density at radius 3 is 2.93 bits per heavy atom. The van der Waals surface area contributed by atoms with E-state index in [4.69, 9.17) is 5.11 Å². The predicted molar refractivity (Wildman–Crippen MR) is 55.4 cm³/mol. The molecule has 0 saturated carbocycles. The maximum absolute atomic E-state index is 10.6. The zero-order valence-electron chi connectivity index (χ0n) is 8.99. The third kappa shape index (κ3) is 3.64. The highest BCUT2D eigenvalue weighted by Crippen LogP contribution is 2.07. The fraction of sp³-hybridized carbons (Fsp3) is 0.900. The largest absolute Gasteiger partial charge is 0.481 e. The fourth-order valence-corrected chi connectivity index (χ4v) is 1.94. The van der Waals surface area contributed by atoms with Crippen LogP contribution in [0.4, 0.5) is 0 Å². The Balaban J connectivity index is 2.50. The molecule has 1 fully saturated rings. The molecule has 2 atom stereocenters. The highest BCUT2D eigenvalue weighted by atomic mass is 16.4. The number of likely N-dealkylation sites (N-methyl/N-ethyl adjacent to an activating group) is 1. The molecule has 0 radical (unpaired) electrons. The van der Waals surface area contributed by atoms with E-state index in [9.17, 15) is 4.79 Å². The first-order valence-electron chi connectivity index (χ1n) is 5.32. The van der Waals surface area contributed by atoms with E-state index in [0.29, 0.717) is 6.04 Å². The van der Waals surface area contributed by atoms with E-state index in [1.54, 1.807) is 0 Å². The van der Waals surface area contributed by atoms with Crippen LogP contribution in [-0.4, -0.2) is 47.7 Å². The summed E-state index contributed by atoms with van der Waals surface area (Å²) >= 11 is 0. The summed E-state index contributed by atoms with van der Waals surface area (Å²) in [4.78, 5) is 12.9. The van der Waals surface area contributed by atoms with Crippen molar-refractivity contribution in [2.24, 2.45) is 0 Å². The molecule has 1 heterocycles. The summed E-state index contributed by atoms with van der Waals surface area (Å²) in [7, 11) is 0. The Hall–Kier alpha value is -0.610. The highest BCUT2D eigenvalue weighted by Gasteiger charge is 2.21. The number of nitrogens with zero attached hydrogens (tertiary/aromatic N) is 1. The van der Waals surface area contributed by atoms with E-state index in [1.165, 1.54) is 0 Å². The summed E-state index contributed by atoms with van der Waals surface area (Å²) in [5.74, 6) is -0.715. The van der Waals surface area contributed by atoms with Crippen LogP contribution in [0.25, 0.3) is 0 Å². The minimum atomic E-state index is -0.715. The second-order valence-electron chi connectivity index (χ2n) is 4.04. The van der Waals surface area contributed by atoms with Gasteiger partial charge >= 0.3 is 5.97 Å². The first kappa shape index (κ1) is 11.5. The molecule has 14 heavy (non-hydrogen) atoms. The molecule has 1 aliphatic heterocycles. The summed E-state index contributed by atoms with van der Waals surface area (Å²) in [5, 5.41) is 12.1. The third-order valence-electron chi connectivity index (χ3n) is 2.75. The zero-order valence-corrected chi connectivity index (χ0v) is 8.99. The van der Waals surface area contributed by atoms with Gasteiger partial charge in [0.1, 0.15) is 0 Å². The first-order chi connectivity index (χ1) is 6.61. The van der Waals surface area contributed by atoms with Crippen LogP contribution in [-0.2, 0) is 4.79 Å². The molecule has 0 amide bonds. The second kappa shape index (κ2) is 5.32. The van der Waals surface area contributed by atoms with Gasteiger partial charge in [0.05, 0.1) is 6.42 Å². The van der Waals surface area contributed by atoms with E-state index < -0.39 is 5.97 Å². The minimum Gasteiger partial charge on any atom is -0.481 e. The van der Waals surface area contributed by atoms with Crippen molar-refractivity contribution >= 4 is 5.97 Å². The number of nitrogens with one attached hydrogen (secondary N) is 1. The van der Waals surface area contributed by atoms with Crippen LogP contribution in [0.2, 0.25) is 0 Å². The van der Waals surface area contributed by atoms with Gasteiger partial charge in [-0.1, -0.05) is 6.92 Å². The van der Waals surface area contributed by atoms with Crippen LogP contribution in [0.15, 0.2) is 0 Å². The Kier molecular flexibility index (Phi) is 4.35. The fourth-order valence-electron chi connectivity index (χ4n) is 1.94. The number of hydrogen-bond donors (Lipinski definition) is 2. The summed E-state index contributed by atoms with van der Waals surface area (Å²) in [6.45, 7) is 7.17. The van der Waals surface area contributed by atoms with Gasteiger partial charge in [-0.05, 0) is 26.4 Å². The molecule has 1 aliphatic rings. The van der Waals surface area contributed by atoms with Gasteiger partial charge in [0.2, 0.25) is 0 Å². The maximum Gasteiger partial charge on any atom is 0.304 e. The summed E-state index contributed by atoms with van der Waals surface area (Å²) < 4.78 is 0. The van der Waals surface area contributed by atoms with Gasteiger partial charge in [0.15, 0.2) is 0 Å². The number of hydrogen-bond acceptors (Lipinski definition) is 3. The molecule has 0 spiro atoms. The molecule has 1 rings (SSSR count). The highest BCUT2D eigenvalue weighted by molar-refractivity contribution is 5.67. The van der Waals surface area contributed by atoms with Crippen molar-refractivity contribution in [2.75, 3.05) is 19.6 Å². The number of aliphatic carboxylic acids is 1. The van der Waals surface area contributed by atoms with Crippen molar-refractivity contribution in [1.82, 2.24) is 10.2 Å². The molecular formula is C10H20N2O2. The van der Waals surface area contributed by atoms with Crippen molar-refractivity contribution in [3.63, 3.8) is 0 Å². The summed E-state index contributed by atoms with van der Waals surface area (Å²) in [6, 6.07) is 0.529. The second-order valence-corrected chi connectivity index (χ2v) is 4.04. The van der Waals surface area contributed by atoms with Crippen molar-refractivity contribution < 1.29 is 9.90 Å². The Bertz CT molecular complexity index is 197. The Labute approximate surface area is 85.3 Å². The molecule has 4 heteroatoms. The van der Waals surface area contributed by atoms with Gasteiger partial charge in [0.25, 0.3) is 0 Å². The summed E-state index contributed by atoms with van der Waals surface area (Å²) in [6.07, 6.45) is 1.32. The van der Waals surface area contributed by atoms with Crippen LogP contribution in [0, 0.1) is 0 Å². The van der Waals surface area contributed by atoms with E-state index in [1.807, 2.05) is 0 Å². The van der Waals surface area contributed by atoms with Crippen LogP contribution < -0.4 is 5.32 Å². The van der Waals surface area contributed by atoms with Crippen LogP contribution in [0.1, 0.15) is 26.7 Å². The van der Waals surface area contributed by atoms with Crippen LogP contribution in [0.5, 0.6) is 0 Å². The van der Waals surface area contributed by atoms with E-state index >= 15 is 0 Å². The van der Waals surface area contributed by atoms with Gasteiger partial charge in [-0.3, -0.25) is 4.79 Å². The van der Waals surface area contributed by atoms with E-state index in [2.05, 4.69) is 24.1 Å². The van der Waals surface area contributed by atoms with E-state index in [-0.39, 0.29) is 12.5 Å². The SMILES string of the molecule is CCN1CCC(C)NC(CC(=O)O)C1. The molecule has 2 N–H and O–H groups in total. The minimum absolute atomic E-state index is 0.102. The Morgan fingerprint density at radius 2 is 2.36 bits per heavy atom. The van der Waals surface area contributed by atoms with Crippen LogP contribution in [0.3, 0.4) is 0 Å². The van der Waals surface area contributed by atoms with Gasteiger partial charge in [-0.15, -0.1) is 0 Å². The molecule has 0 bridgehead atoms. The molecular weight excluding hydrogens is 180 g/mol. The number of carboxylic acids is 1. The quantitative estimate of drug-likeness (QED) is 0.698. The molecule has 4 nitrogen and oxygen atoms in total. The molecule has 0 aliphatic carbocycles. The van der Waals surface area contributed by atoms with Crippen LogP contribution >= 0.6 is 0 Å².